The Bertz CT molecular complexity index is 1140. The molecule has 6 nitrogen and oxygen atoms in total. The third kappa shape index (κ3) is 4.45. The molecule has 0 atom stereocenters. The van der Waals surface area contributed by atoms with Crippen LogP contribution in [0.1, 0.15) is 5.56 Å². The summed E-state index contributed by atoms with van der Waals surface area (Å²) in [7, 11) is 1.79. The number of carbonyl (C=O) groups is 1. The first kappa shape index (κ1) is 21.4. The summed E-state index contributed by atoms with van der Waals surface area (Å²) in [5.74, 6) is 1.18. The fourth-order valence-electron chi connectivity index (χ4n) is 3.22. The van der Waals surface area contributed by atoms with Crippen LogP contribution in [0, 0.1) is 0 Å². The van der Waals surface area contributed by atoms with E-state index in [0.29, 0.717) is 18.2 Å². The number of nitrogens with two attached hydrogens (primary N) is 1. The van der Waals surface area contributed by atoms with Gasteiger partial charge in [0.1, 0.15) is 12.3 Å². The van der Waals surface area contributed by atoms with E-state index in [2.05, 4.69) is 4.98 Å². The first-order chi connectivity index (χ1) is 14.2. The SMILES string of the molecule is CN(C(=O)Cn1ccc2c(Oc3cc(CN)ccn3)cccc21)c1ccccc1.Cl. The molecule has 0 unspecified atom stereocenters. The van der Waals surface area contributed by atoms with E-state index in [-0.39, 0.29) is 24.9 Å². The second-order valence-corrected chi connectivity index (χ2v) is 6.73. The van der Waals surface area contributed by atoms with Gasteiger partial charge in [0.2, 0.25) is 11.8 Å². The Labute approximate surface area is 181 Å². The predicted molar refractivity (Wildman–Crippen MR) is 121 cm³/mol. The Balaban J connectivity index is 0.00000256. The van der Waals surface area contributed by atoms with E-state index in [9.17, 15) is 4.79 Å². The molecule has 30 heavy (non-hydrogen) atoms. The second kappa shape index (κ2) is 9.43. The van der Waals surface area contributed by atoms with Gasteiger partial charge in [-0.1, -0.05) is 24.3 Å². The molecule has 0 spiro atoms. The summed E-state index contributed by atoms with van der Waals surface area (Å²) < 4.78 is 7.92. The largest absolute Gasteiger partial charge is 0.438 e. The zero-order valence-electron chi connectivity index (χ0n) is 16.6. The first-order valence-electron chi connectivity index (χ1n) is 9.38. The highest BCUT2D eigenvalue weighted by Crippen LogP contribution is 2.30. The number of fused-ring (bicyclic) bond motifs is 1. The quantitative estimate of drug-likeness (QED) is 0.500. The maximum Gasteiger partial charge on any atom is 0.246 e. The van der Waals surface area contributed by atoms with Crippen molar-refractivity contribution in [3.05, 3.63) is 84.7 Å². The van der Waals surface area contributed by atoms with Gasteiger partial charge >= 0.3 is 0 Å². The van der Waals surface area contributed by atoms with E-state index in [1.807, 2.05) is 77.5 Å². The van der Waals surface area contributed by atoms with Gasteiger partial charge < -0.3 is 19.9 Å². The summed E-state index contributed by atoms with van der Waals surface area (Å²) in [5, 5.41) is 0.919. The number of halogens is 1. The number of hydrogen-bond donors (Lipinski definition) is 1. The van der Waals surface area contributed by atoms with Crippen LogP contribution in [0.2, 0.25) is 0 Å². The van der Waals surface area contributed by atoms with Crippen molar-refractivity contribution in [1.82, 2.24) is 9.55 Å². The van der Waals surface area contributed by atoms with Gasteiger partial charge in [0, 0.05) is 43.1 Å². The summed E-state index contributed by atoms with van der Waals surface area (Å²) in [5.41, 5.74) is 8.44. The summed E-state index contributed by atoms with van der Waals surface area (Å²) in [6.07, 6.45) is 3.58. The minimum atomic E-state index is -0.00247. The van der Waals surface area contributed by atoms with Gasteiger partial charge in [-0.25, -0.2) is 4.98 Å². The number of ether oxygens (including phenoxy) is 1. The second-order valence-electron chi connectivity index (χ2n) is 6.73. The van der Waals surface area contributed by atoms with Crippen molar-refractivity contribution in [3.63, 3.8) is 0 Å². The maximum atomic E-state index is 12.8. The molecular formula is C23H23ClN4O2. The fraction of sp³-hybridized carbons (Fsp3) is 0.130. The standard InChI is InChI=1S/C23H22N4O2.ClH/c1-26(18-6-3-2-4-7-18)23(28)16-27-13-11-19-20(27)8-5-9-21(19)29-22-14-17(15-24)10-12-25-22;/h2-14H,15-16,24H2,1H3;1H. The van der Waals surface area contributed by atoms with Crippen molar-refractivity contribution >= 4 is 34.9 Å². The Morgan fingerprint density at radius 1 is 1.10 bits per heavy atom. The smallest absolute Gasteiger partial charge is 0.246 e. The Kier molecular flexibility index (Phi) is 6.72. The molecule has 4 rings (SSSR count). The predicted octanol–water partition coefficient (Wildman–Crippen LogP) is 4.37. The molecule has 1 amide bonds. The molecule has 2 aromatic heterocycles. The molecule has 4 aromatic rings. The molecule has 0 aliphatic rings. The average molecular weight is 423 g/mol. The van der Waals surface area contributed by atoms with Crippen molar-refractivity contribution in [2.45, 2.75) is 13.1 Å². The van der Waals surface area contributed by atoms with Crippen LogP contribution in [0.4, 0.5) is 5.69 Å². The number of rotatable bonds is 6. The Morgan fingerprint density at radius 3 is 2.67 bits per heavy atom. The van der Waals surface area contributed by atoms with Gasteiger partial charge in [0.05, 0.1) is 5.52 Å². The highest BCUT2D eigenvalue weighted by Gasteiger charge is 2.14. The molecular weight excluding hydrogens is 400 g/mol. The molecule has 7 heteroatoms. The van der Waals surface area contributed by atoms with Crippen LogP contribution in [0.3, 0.4) is 0 Å². The van der Waals surface area contributed by atoms with E-state index < -0.39 is 0 Å². The lowest BCUT2D eigenvalue weighted by Crippen LogP contribution is -2.29. The van der Waals surface area contributed by atoms with Crippen LogP contribution >= 0.6 is 12.4 Å². The average Bonchev–Trinajstić information content (AvgIpc) is 3.17. The summed E-state index contributed by atoms with van der Waals surface area (Å²) in [4.78, 5) is 18.7. The zero-order valence-corrected chi connectivity index (χ0v) is 17.4. The van der Waals surface area contributed by atoms with Crippen molar-refractivity contribution in [1.29, 1.82) is 0 Å². The lowest BCUT2D eigenvalue weighted by atomic mass is 10.2. The molecule has 0 radical (unpaired) electrons. The molecule has 0 bridgehead atoms. The van der Waals surface area contributed by atoms with Crippen molar-refractivity contribution in [2.75, 3.05) is 11.9 Å². The van der Waals surface area contributed by atoms with Crippen LogP contribution in [-0.4, -0.2) is 22.5 Å². The monoisotopic (exact) mass is 422 g/mol. The van der Waals surface area contributed by atoms with Gasteiger partial charge in [-0.15, -0.1) is 12.4 Å². The lowest BCUT2D eigenvalue weighted by Gasteiger charge is -2.18. The molecule has 2 aromatic carbocycles. The molecule has 0 aliphatic heterocycles. The molecule has 2 heterocycles. The summed E-state index contributed by atoms with van der Waals surface area (Å²) in [6.45, 7) is 0.662. The number of nitrogens with zero attached hydrogens (tertiary/aromatic N) is 3. The molecule has 0 saturated carbocycles. The molecule has 154 valence electrons. The third-order valence-electron chi connectivity index (χ3n) is 4.85. The number of likely N-dealkylation sites (N-methyl/N-ethyl adjacent to an activating group) is 1. The normalized spacial score (nSPS) is 10.5. The number of aromatic nitrogens is 2. The van der Waals surface area contributed by atoms with Gasteiger partial charge in [-0.05, 0) is 42.0 Å². The van der Waals surface area contributed by atoms with E-state index in [1.165, 1.54) is 0 Å². The number of anilines is 1. The highest BCUT2D eigenvalue weighted by molar-refractivity contribution is 5.94. The van der Waals surface area contributed by atoms with Crippen LogP contribution < -0.4 is 15.4 Å². The van der Waals surface area contributed by atoms with Gasteiger partial charge in [-0.2, -0.15) is 0 Å². The number of amides is 1. The van der Waals surface area contributed by atoms with Gasteiger partial charge in [0.25, 0.3) is 0 Å². The molecule has 2 N–H and O–H groups in total. The van der Waals surface area contributed by atoms with E-state index in [1.54, 1.807) is 18.1 Å². The van der Waals surface area contributed by atoms with Gasteiger partial charge in [0.15, 0.2) is 0 Å². The summed E-state index contributed by atoms with van der Waals surface area (Å²) >= 11 is 0. The van der Waals surface area contributed by atoms with E-state index >= 15 is 0 Å². The van der Waals surface area contributed by atoms with Crippen molar-refractivity contribution in [2.24, 2.45) is 5.73 Å². The third-order valence-corrected chi connectivity index (χ3v) is 4.85. The highest BCUT2D eigenvalue weighted by atomic mass is 35.5. The Hall–Kier alpha value is -3.35. The lowest BCUT2D eigenvalue weighted by molar-refractivity contribution is -0.118. The number of para-hydroxylation sites is 1. The van der Waals surface area contributed by atoms with Gasteiger partial charge in [-0.3, -0.25) is 4.79 Å². The van der Waals surface area contributed by atoms with Crippen LogP contribution in [0.15, 0.2) is 79.1 Å². The Morgan fingerprint density at radius 2 is 1.90 bits per heavy atom. The molecule has 0 fully saturated rings. The molecule has 0 saturated heterocycles. The van der Waals surface area contributed by atoms with Crippen LogP contribution in [0.5, 0.6) is 11.6 Å². The van der Waals surface area contributed by atoms with Crippen LogP contribution in [-0.2, 0) is 17.9 Å². The van der Waals surface area contributed by atoms with E-state index in [4.69, 9.17) is 10.5 Å². The van der Waals surface area contributed by atoms with Crippen molar-refractivity contribution in [3.8, 4) is 11.6 Å². The number of benzene rings is 2. The number of hydrogen-bond acceptors (Lipinski definition) is 4. The minimum absolute atomic E-state index is 0. The number of pyridine rings is 1. The van der Waals surface area contributed by atoms with Crippen LogP contribution in [0.25, 0.3) is 10.9 Å². The molecule has 0 aliphatic carbocycles. The van der Waals surface area contributed by atoms with E-state index in [0.717, 1.165) is 22.2 Å². The number of carbonyl (C=O) groups excluding carboxylic acids is 1. The zero-order chi connectivity index (χ0) is 20.2. The minimum Gasteiger partial charge on any atom is -0.438 e. The van der Waals surface area contributed by atoms with Crippen molar-refractivity contribution < 1.29 is 9.53 Å². The topological polar surface area (TPSA) is 73.4 Å². The fourth-order valence-corrected chi connectivity index (χ4v) is 3.22. The summed E-state index contributed by atoms with van der Waals surface area (Å²) in [6, 6.07) is 21.0. The first-order valence-corrected chi connectivity index (χ1v) is 9.38. The maximum absolute atomic E-state index is 12.8.